The maximum atomic E-state index is 11.1. The number of hydrogen-bond donors (Lipinski definition) is 0. The first-order chi connectivity index (χ1) is 3.63. The van der Waals surface area contributed by atoms with E-state index in [1.165, 1.54) is 0 Å². The highest BCUT2D eigenvalue weighted by Crippen LogP contribution is 2.46. The van der Waals surface area contributed by atoms with Crippen molar-refractivity contribution >= 4 is 17.1 Å². The maximum absolute atomic E-state index is 11.1. The summed E-state index contributed by atoms with van der Waals surface area (Å²) in [5.41, 5.74) is 0. The molecule has 0 radical (unpaired) electrons. The van der Waals surface area contributed by atoms with Crippen LogP contribution in [0.1, 0.15) is 0 Å². The topological polar surface area (TPSA) is 0 Å². The Kier molecular flexibility index (Phi) is 4.78. The Balaban J connectivity index is 2.93. The van der Waals surface area contributed by atoms with Gasteiger partial charge in [0.1, 0.15) is 0 Å². The van der Waals surface area contributed by atoms with E-state index in [1.807, 2.05) is 0 Å². The van der Waals surface area contributed by atoms with Crippen LogP contribution in [0.2, 0.25) is 0 Å². The van der Waals surface area contributed by atoms with E-state index >= 15 is 0 Å². The Bertz CT molecular complexity index is 48.0. The van der Waals surface area contributed by atoms with Gasteiger partial charge in [-0.15, -0.1) is 0 Å². The van der Waals surface area contributed by atoms with Gasteiger partial charge in [0.05, 0.1) is 0 Å². The Morgan fingerprint density at radius 1 is 0.750 bits per heavy atom. The third-order valence-electron chi connectivity index (χ3n) is 0.438. The van der Waals surface area contributed by atoms with Crippen LogP contribution in [0, 0.1) is 0 Å². The van der Waals surface area contributed by atoms with Crippen molar-refractivity contribution in [3.63, 3.8) is 0 Å². The lowest BCUT2D eigenvalue weighted by molar-refractivity contribution is 0.725. The van der Waals surface area contributed by atoms with Crippen LogP contribution < -0.4 is 0 Å². The Hall–Kier alpha value is 0.580. The summed E-state index contributed by atoms with van der Waals surface area (Å²) in [6, 6.07) is 0. The van der Waals surface area contributed by atoms with Gasteiger partial charge in [-0.05, 0) is 0 Å². The molecule has 8 heavy (non-hydrogen) atoms. The van der Waals surface area contributed by atoms with Crippen molar-refractivity contribution in [1.82, 2.24) is 0 Å². The fourth-order valence-corrected chi connectivity index (χ4v) is 1.36. The molecule has 0 aliphatic rings. The smallest absolute Gasteiger partial charge is 0.189 e. The van der Waals surface area contributed by atoms with Crippen molar-refractivity contribution in [2.75, 3.05) is 12.3 Å². The lowest BCUT2D eigenvalue weighted by atomic mass is 11.0. The van der Waals surface area contributed by atoms with Gasteiger partial charge in [0.2, 0.25) is 0 Å². The molecule has 0 aliphatic carbocycles. The molecule has 50 valence electrons. The summed E-state index contributed by atoms with van der Waals surface area (Å²) in [6.45, 7) is 0. The second kappa shape index (κ2) is 4.46. The molecule has 0 aromatic heterocycles. The molecule has 0 spiro atoms. The van der Waals surface area contributed by atoms with Crippen LogP contribution in [-0.2, 0) is 0 Å². The van der Waals surface area contributed by atoms with Crippen molar-refractivity contribution in [3.8, 4) is 0 Å². The zero-order valence-electron chi connectivity index (χ0n) is 3.82. The molecule has 0 amide bonds. The molecule has 0 rings (SSSR count). The van der Waals surface area contributed by atoms with Crippen LogP contribution in [0.15, 0.2) is 0 Å². The largest absolute Gasteiger partial charge is 0.266 e. The minimum Gasteiger partial charge on any atom is -0.189 e. The zero-order chi connectivity index (χ0) is 6.57. The second-order valence-electron chi connectivity index (χ2n) is 1.05. The van der Waals surface area contributed by atoms with Crippen LogP contribution >= 0.6 is 17.1 Å². The Labute approximate surface area is 47.3 Å². The van der Waals surface area contributed by atoms with Gasteiger partial charge in [0.25, 0.3) is 17.1 Å². The van der Waals surface area contributed by atoms with Gasteiger partial charge in [0, 0.05) is 12.3 Å². The summed E-state index contributed by atoms with van der Waals surface area (Å²) in [4.78, 5) is 0. The average molecular weight is 166 g/mol. The quantitative estimate of drug-likeness (QED) is 0.444. The predicted molar refractivity (Wildman–Crippen MR) is 28.0 cm³/mol. The first-order valence-electron chi connectivity index (χ1n) is 1.81. The number of halogens is 4. The molecular weight excluding hydrogens is 162 g/mol. The maximum Gasteiger partial charge on any atom is 0.266 e. The zero-order valence-corrected chi connectivity index (χ0v) is 5.61. The van der Waals surface area contributed by atoms with Gasteiger partial charge in [-0.1, -0.05) is 0 Å². The fourth-order valence-electron chi connectivity index (χ4n) is 0.151. The lowest BCUT2D eigenvalue weighted by Crippen LogP contribution is -1.78. The van der Waals surface area contributed by atoms with Gasteiger partial charge < -0.3 is 0 Å². The summed E-state index contributed by atoms with van der Waals surface area (Å²) < 4.78 is 44.5. The average Bonchev–Trinajstić information content (AvgIpc) is 1.61. The molecule has 0 unspecified atom stereocenters. The lowest BCUT2D eigenvalue weighted by Gasteiger charge is -1.92. The van der Waals surface area contributed by atoms with E-state index in [2.05, 4.69) is 0 Å². The standard InChI is InChI=1S/C2H4F4P2/c3-7(4)1-2-8(5)6/h1-2H2. The van der Waals surface area contributed by atoms with Crippen LogP contribution in [0.25, 0.3) is 0 Å². The first-order valence-corrected chi connectivity index (χ1v) is 4.43. The van der Waals surface area contributed by atoms with Crippen molar-refractivity contribution in [2.24, 2.45) is 0 Å². The summed E-state index contributed by atoms with van der Waals surface area (Å²) in [7, 11) is -6.19. The van der Waals surface area contributed by atoms with E-state index in [0.717, 1.165) is 0 Å². The van der Waals surface area contributed by atoms with Gasteiger partial charge in [-0.25, -0.2) is 0 Å². The highest BCUT2D eigenvalue weighted by Gasteiger charge is 2.10. The van der Waals surface area contributed by atoms with Gasteiger partial charge in [-0.2, -0.15) is 16.8 Å². The first kappa shape index (κ1) is 8.58. The number of rotatable bonds is 3. The van der Waals surface area contributed by atoms with E-state index < -0.39 is 29.4 Å². The molecule has 6 heteroatoms. The molecule has 0 N–H and O–H groups in total. The van der Waals surface area contributed by atoms with Crippen molar-refractivity contribution < 1.29 is 16.8 Å². The van der Waals surface area contributed by atoms with Crippen LogP contribution in [0.3, 0.4) is 0 Å². The molecule has 0 saturated heterocycles. The minimum absolute atomic E-state index is 0.603. The van der Waals surface area contributed by atoms with Crippen LogP contribution in [0.4, 0.5) is 16.8 Å². The normalized spacial score (nSPS) is 11.2. The molecule has 0 heterocycles. The third-order valence-corrected chi connectivity index (χ3v) is 1.91. The summed E-state index contributed by atoms with van der Waals surface area (Å²) in [6.07, 6.45) is -1.21. The van der Waals surface area contributed by atoms with Gasteiger partial charge >= 0.3 is 0 Å². The molecule has 0 saturated carbocycles. The summed E-state index contributed by atoms with van der Waals surface area (Å²) in [5.74, 6) is 0. The van der Waals surface area contributed by atoms with Crippen molar-refractivity contribution in [1.29, 1.82) is 0 Å². The molecule has 0 aromatic carbocycles. The summed E-state index contributed by atoms with van der Waals surface area (Å²) in [5, 5.41) is 0. The van der Waals surface area contributed by atoms with Gasteiger partial charge in [0.15, 0.2) is 0 Å². The third kappa shape index (κ3) is 6.58. The highest BCUT2D eigenvalue weighted by atomic mass is 31.2. The second-order valence-corrected chi connectivity index (χ2v) is 3.16. The van der Waals surface area contributed by atoms with E-state index in [-0.39, 0.29) is 0 Å². The van der Waals surface area contributed by atoms with Crippen molar-refractivity contribution in [3.05, 3.63) is 0 Å². The number of hydrogen-bond acceptors (Lipinski definition) is 0. The Morgan fingerprint density at radius 2 is 1.00 bits per heavy atom. The van der Waals surface area contributed by atoms with Crippen LogP contribution in [0.5, 0.6) is 0 Å². The van der Waals surface area contributed by atoms with E-state index in [4.69, 9.17) is 0 Å². The summed E-state index contributed by atoms with van der Waals surface area (Å²) >= 11 is 0. The van der Waals surface area contributed by atoms with Gasteiger partial charge in [-0.3, -0.25) is 0 Å². The molecule has 0 nitrogen and oxygen atoms in total. The van der Waals surface area contributed by atoms with E-state index in [9.17, 15) is 16.8 Å². The molecule has 0 aliphatic heterocycles. The monoisotopic (exact) mass is 166 g/mol. The predicted octanol–water partition coefficient (Wildman–Crippen LogP) is 3.49. The molecular formula is C2H4F4P2. The fraction of sp³-hybridized carbons (Fsp3) is 1.00. The van der Waals surface area contributed by atoms with Crippen LogP contribution in [-0.4, -0.2) is 12.3 Å². The molecule has 0 bridgehead atoms. The molecule has 0 atom stereocenters. The van der Waals surface area contributed by atoms with Crippen molar-refractivity contribution in [2.45, 2.75) is 0 Å². The minimum atomic E-state index is -3.10. The van der Waals surface area contributed by atoms with E-state index in [1.54, 1.807) is 0 Å². The molecule has 0 aromatic rings. The SMILES string of the molecule is FP(F)CCP(F)F. The highest BCUT2D eigenvalue weighted by molar-refractivity contribution is 7.50. The Morgan fingerprint density at radius 3 is 1.12 bits per heavy atom. The van der Waals surface area contributed by atoms with E-state index in [0.29, 0.717) is 0 Å². The molecule has 0 fully saturated rings.